The second kappa shape index (κ2) is 9.97. The molecule has 4 aromatic rings. The Kier molecular flexibility index (Phi) is 6.42. The highest BCUT2D eigenvalue weighted by molar-refractivity contribution is 6.09. The van der Waals surface area contributed by atoms with E-state index in [2.05, 4.69) is 21.0 Å². The molecule has 1 aliphatic rings. The summed E-state index contributed by atoms with van der Waals surface area (Å²) in [5.74, 6) is -0.331. The number of Topliss-reactive ketones (excluding diaryl/α,β-unsaturated/α-hetero) is 1. The molecule has 8 nitrogen and oxygen atoms in total. The monoisotopic (exact) mass is 479 g/mol. The summed E-state index contributed by atoms with van der Waals surface area (Å²) in [7, 11) is 0. The SMILES string of the molecule is CC(=O)Nc1ccc(-c2ccccc2C(=O)Nc2ccc3c(c2)CNC3C(=O)Cn2cccn2)cc1. The fourth-order valence-electron chi connectivity index (χ4n) is 4.44. The molecule has 8 heteroatoms. The second-order valence-corrected chi connectivity index (χ2v) is 8.66. The third-order valence-corrected chi connectivity index (χ3v) is 6.10. The summed E-state index contributed by atoms with van der Waals surface area (Å²) >= 11 is 0. The van der Waals surface area contributed by atoms with Crippen molar-refractivity contribution >= 4 is 29.0 Å². The number of carbonyl (C=O) groups excluding carboxylic acids is 3. The summed E-state index contributed by atoms with van der Waals surface area (Å²) in [4.78, 5) is 37.3. The zero-order valence-electron chi connectivity index (χ0n) is 19.7. The number of ketones is 1. The van der Waals surface area contributed by atoms with E-state index in [4.69, 9.17) is 0 Å². The predicted octanol–water partition coefficient (Wildman–Crippen LogP) is 4.17. The predicted molar refractivity (Wildman–Crippen MR) is 137 cm³/mol. The highest BCUT2D eigenvalue weighted by atomic mass is 16.2. The molecule has 0 saturated heterocycles. The zero-order chi connectivity index (χ0) is 25.1. The first-order valence-corrected chi connectivity index (χ1v) is 11.6. The molecule has 0 fully saturated rings. The molecule has 3 N–H and O–H groups in total. The Balaban J connectivity index is 1.32. The van der Waals surface area contributed by atoms with Crippen molar-refractivity contribution < 1.29 is 14.4 Å². The van der Waals surface area contributed by atoms with Gasteiger partial charge in [-0.05, 0) is 58.7 Å². The van der Waals surface area contributed by atoms with Gasteiger partial charge in [-0.2, -0.15) is 5.10 Å². The Morgan fingerprint density at radius 2 is 1.75 bits per heavy atom. The molecule has 1 aromatic heterocycles. The van der Waals surface area contributed by atoms with Crippen molar-refractivity contribution in [2.24, 2.45) is 0 Å². The Bertz CT molecular complexity index is 1430. The number of amides is 2. The smallest absolute Gasteiger partial charge is 0.256 e. The highest BCUT2D eigenvalue weighted by Crippen LogP contribution is 2.30. The van der Waals surface area contributed by atoms with Crippen molar-refractivity contribution in [2.75, 3.05) is 10.6 Å². The van der Waals surface area contributed by atoms with Crippen LogP contribution in [0.2, 0.25) is 0 Å². The number of fused-ring (bicyclic) bond motifs is 1. The van der Waals surface area contributed by atoms with E-state index in [1.54, 1.807) is 29.2 Å². The topological polar surface area (TPSA) is 105 Å². The first kappa shape index (κ1) is 23.2. The van der Waals surface area contributed by atoms with E-state index in [0.29, 0.717) is 23.5 Å². The minimum Gasteiger partial charge on any atom is -0.326 e. The molecule has 1 aliphatic heterocycles. The first-order chi connectivity index (χ1) is 17.5. The molecule has 0 radical (unpaired) electrons. The zero-order valence-corrected chi connectivity index (χ0v) is 19.7. The summed E-state index contributed by atoms with van der Waals surface area (Å²) in [6.07, 6.45) is 3.42. The molecule has 36 heavy (non-hydrogen) atoms. The molecule has 3 aromatic carbocycles. The molecule has 5 rings (SSSR count). The van der Waals surface area contributed by atoms with Crippen molar-refractivity contribution in [3.63, 3.8) is 0 Å². The van der Waals surface area contributed by atoms with Crippen LogP contribution in [0, 0.1) is 0 Å². The van der Waals surface area contributed by atoms with Gasteiger partial charge >= 0.3 is 0 Å². The number of nitrogens with zero attached hydrogens (tertiary/aromatic N) is 2. The third kappa shape index (κ3) is 4.94. The Labute approximate surface area is 208 Å². The van der Waals surface area contributed by atoms with Crippen LogP contribution >= 0.6 is 0 Å². The van der Waals surface area contributed by atoms with Crippen LogP contribution in [0.3, 0.4) is 0 Å². The van der Waals surface area contributed by atoms with Crippen LogP contribution < -0.4 is 16.0 Å². The lowest BCUT2D eigenvalue weighted by atomic mass is 9.98. The molecule has 2 heterocycles. The van der Waals surface area contributed by atoms with Crippen LogP contribution in [-0.2, 0) is 22.7 Å². The van der Waals surface area contributed by atoms with Gasteiger partial charge in [0.2, 0.25) is 5.91 Å². The highest BCUT2D eigenvalue weighted by Gasteiger charge is 2.28. The van der Waals surface area contributed by atoms with Gasteiger partial charge in [-0.15, -0.1) is 0 Å². The lowest BCUT2D eigenvalue weighted by molar-refractivity contribution is -0.121. The van der Waals surface area contributed by atoms with Crippen LogP contribution in [0.1, 0.15) is 34.5 Å². The van der Waals surface area contributed by atoms with E-state index >= 15 is 0 Å². The lowest BCUT2D eigenvalue weighted by Crippen LogP contribution is -2.25. The number of rotatable bonds is 7. The molecule has 0 saturated carbocycles. The van der Waals surface area contributed by atoms with Crippen LogP contribution in [0.15, 0.2) is 85.2 Å². The summed E-state index contributed by atoms with van der Waals surface area (Å²) < 4.78 is 1.61. The average Bonchev–Trinajstić information content (AvgIpc) is 3.54. The van der Waals surface area contributed by atoms with Crippen LogP contribution in [0.4, 0.5) is 11.4 Å². The van der Waals surface area contributed by atoms with E-state index in [9.17, 15) is 14.4 Å². The number of hydrogen-bond acceptors (Lipinski definition) is 5. The van der Waals surface area contributed by atoms with Crippen LogP contribution in [-0.4, -0.2) is 27.4 Å². The molecular weight excluding hydrogens is 454 g/mol. The van der Waals surface area contributed by atoms with Gasteiger partial charge in [-0.25, -0.2) is 0 Å². The number of benzene rings is 3. The normalized spacial score (nSPS) is 14.2. The lowest BCUT2D eigenvalue weighted by Gasteiger charge is -2.13. The van der Waals surface area contributed by atoms with Crippen molar-refractivity contribution in [3.8, 4) is 11.1 Å². The third-order valence-electron chi connectivity index (χ3n) is 6.10. The number of nitrogens with one attached hydrogen (secondary N) is 3. The van der Waals surface area contributed by atoms with Gasteiger partial charge in [0.05, 0.1) is 6.04 Å². The van der Waals surface area contributed by atoms with E-state index in [-0.39, 0.29) is 24.1 Å². The van der Waals surface area contributed by atoms with E-state index < -0.39 is 6.04 Å². The summed E-state index contributed by atoms with van der Waals surface area (Å²) in [5.41, 5.74) is 5.45. The summed E-state index contributed by atoms with van der Waals surface area (Å²) in [6, 6.07) is 21.8. The molecule has 1 unspecified atom stereocenters. The van der Waals surface area contributed by atoms with Crippen molar-refractivity contribution in [3.05, 3.63) is 102 Å². The molecule has 0 spiro atoms. The standard InChI is InChI=1S/C28H25N5O3/c1-18(34)31-21-9-7-19(8-10-21)23-5-2-3-6-25(23)28(36)32-22-11-12-24-20(15-22)16-29-27(24)26(35)17-33-14-4-13-30-33/h2-15,27,29H,16-17H2,1H3,(H,31,34)(H,32,36). The number of anilines is 2. The molecule has 2 amide bonds. The van der Waals surface area contributed by atoms with E-state index in [1.165, 1.54) is 6.92 Å². The Morgan fingerprint density at radius 3 is 2.50 bits per heavy atom. The largest absolute Gasteiger partial charge is 0.326 e. The summed E-state index contributed by atoms with van der Waals surface area (Å²) in [6.45, 7) is 2.21. The fourth-order valence-corrected chi connectivity index (χ4v) is 4.44. The molecule has 0 aliphatic carbocycles. The molecule has 180 valence electrons. The van der Waals surface area contributed by atoms with Crippen molar-refractivity contribution in [2.45, 2.75) is 26.1 Å². The molecule has 1 atom stereocenters. The number of carbonyl (C=O) groups is 3. The van der Waals surface area contributed by atoms with Gasteiger partial charge in [-0.1, -0.05) is 36.4 Å². The Morgan fingerprint density at radius 1 is 0.972 bits per heavy atom. The van der Waals surface area contributed by atoms with Crippen LogP contribution in [0.5, 0.6) is 0 Å². The molecule has 0 bridgehead atoms. The average molecular weight is 480 g/mol. The second-order valence-electron chi connectivity index (χ2n) is 8.66. The quantitative estimate of drug-likeness (QED) is 0.369. The first-order valence-electron chi connectivity index (χ1n) is 11.6. The van der Waals surface area contributed by atoms with Gasteiger partial charge in [0.15, 0.2) is 5.78 Å². The van der Waals surface area contributed by atoms with Crippen LogP contribution in [0.25, 0.3) is 11.1 Å². The minimum absolute atomic E-state index is 0.0349. The van der Waals surface area contributed by atoms with Gasteiger partial charge < -0.3 is 10.6 Å². The van der Waals surface area contributed by atoms with E-state index in [1.807, 2.05) is 60.7 Å². The van der Waals surface area contributed by atoms with Gasteiger partial charge in [0, 0.05) is 42.8 Å². The maximum atomic E-state index is 13.2. The molecular formula is C28H25N5O3. The summed E-state index contributed by atoms with van der Waals surface area (Å²) in [5, 5.41) is 13.1. The maximum absolute atomic E-state index is 13.2. The van der Waals surface area contributed by atoms with Crippen molar-refractivity contribution in [1.82, 2.24) is 15.1 Å². The van der Waals surface area contributed by atoms with Crippen molar-refractivity contribution in [1.29, 1.82) is 0 Å². The fraction of sp³-hybridized carbons (Fsp3) is 0.143. The van der Waals surface area contributed by atoms with Gasteiger partial charge in [0.25, 0.3) is 5.91 Å². The number of hydrogen-bond donors (Lipinski definition) is 3. The van der Waals surface area contributed by atoms with E-state index in [0.717, 1.165) is 22.3 Å². The van der Waals surface area contributed by atoms with Gasteiger partial charge in [0.1, 0.15) is 6.54 Å². The number of aromatic nitrogens is 2. The minimum atomic E-state index is -0.393. The Hall–Kier alpha value is -4.56. The van der Waals surface area contributed by atoms with Gasteiger partial charge in [-0.3, -0.25) is 24.4 Å². The maximum Gasteiger partial charge on any atom is 0.256 e.